The molecule has 0 bridgehead atoms. The Morgan fingerprint density at radius 1 is 1.38 bits per heavy atom. The van der Waals surface area contributed by atoms with Gasteiger partial charge in [0.1, 0.15) is 0 Å². The molecular weight excluding hydrogens is 226 g/mol. The number of hydrogen-bond donors (Lipinski definition) is 0. The smallest absolute Gasteiger partial charge is 0.230 e. The lowest BCUT2D eigenvalue weighted by Crippen LogP contribution is -2.37. The minimum Gasteiger partial charge on any atom is -0.424 e. The van der Waals surface area contributed by atoms with Crippen molar-refractivity contribution < 1.29 is 8.63 Å². The van der Waals surface area contributed by atoms with Crippen LogP contribution in [0, 0.1) is 0 Å². The van der Waals surface area contributed by atoms with E-state index in [0.29, 0.717) is 18.3 Å². The molecule has 1 aromatic heterocycles. The first-order valence-corrected chi connectivity index (χ1v) is 7.03. The Bertz CT molecular complexity index is 368. The van der Waals surface area contributed by atoms with E-state index in [-0.39, 0.29) is 5.92 Å². The molecule has 1 fully saturated rings. The van der Waals surface area contributed by atoms with Crippen molar-refractivity contribution in [3.63, 3.8) is 0 Å². The lowest BCUT2D eigenvalue weighted by atomic mass is 10.2. The summed E-state index contributed by atoms with van der Waals surface area (Å²) in [6.07, 6.45) is 0. The highest BCUT2D eigenvalue weighted by Gasteiger charge is 2.18. The van der Waals surface area contributed by atoms with Crippen LogP contribution in [0.1, 0.15) is 31.5 Å². The lowest BCUT2D eigenvalue weighted by molar-refractivity contribution is 0.255. The average molecular weight is 243 g/mol. The van der Waals surface area contributed by atoms with Gasteiger partial charge >= 0.3 is 0 Å². The molecule has 1 aliphatic heterocycles. The van der Waals surface area contributed by atoms with Crippen molar-refractivity contribution in [2.45, 2.75) is 26.3 Å². The van der Waals surface area contributed by atoms with Gasteiger partial charge in [-0.15, -0.1) is 10.2 Å². The zero-order valence-corrected chi connectivity index (χ0v) is 10.5. The summed E-state index contributed by atoms with van der Waals surface area (Å²) < 4.78 is 16.7. The van der Waals surface area contributed by atoms with Crippen molar-refractivity contribution in [3.8, 4) is 0 Å². The van der Waals surface area contributed by atoms with Crippen LogP contribution >= 0.6 is 0 Å². The largest absolute Gasteiger partial charge is 0.424 e. The van der Waals surface area contributed by atoms with Crippen LogP contribution in [0.3, 0.4) is 0 Å². The molecular formula is C10H17N3O2S. The highest BCUT2D eigenvalue weighted by molar-refractivity contribution is 7.85. The van der Waals surface area contributed by atoms with Gasteiger partial charge in [-0.2, -0.15) is 0 Å². The predicted octanol–water partition coefficient (Wildman–Crippen LogP) is 0.757. The minimum atomic E-state index is -0.629. The molecule has 1 saturated heterocycles. The Labute approximate surface area is 97.7 Å². The van der Waals surface area contributed by atoms with Gasteiger partial charge in [0.2, 0.25) is 11.8 Å². The van der Waals surface area contributed by atoms with E-state index in [1.54, 1.807) is 0 Å². The predicted molar refractivity (Wildman–Crippen MR) is 61.5 cm³/mol. The Morgan fingerprint density at radius 3 is 2.62 bits per heavy atom. The maximum Gasteiger partial charge on any atom is 0.230 e. The van der Waals surface area contributed by atoms with E-state index in [2.05, 4.69) is 15.1 Å². The SMILES string of the molecule is CC(C)c1nnc(CN2CCS(=O)CC2)o1. The third-order valence-corrected chi connectivity index (χ3v) is 3.88. The molecule has 0 aliphatic carbocycles. The summed E-state index contributed by atoms with van der Waals surface area (Å²) in [7, 11) is -0.629. The molecule has 2 rings (SSSR count). The second-order valence-corrected chi connectivity index (χ2v) is 6.01. The Kier molecular flexibility index (Phi) is 3.70. The quantitative estimate of drug-likeness (QED) is 0.784. The van der Waals surface area contributed by atoms with Crippen molar-refractivity contribution in [1.29, 1.82) is 0 Å². The first kappa shape index (κ1) is 11.7. The van der Waals surface area contributed by atoms with Gasteiger partial charge in [-0.1, -0.05) is 13.8 Å². The molecule has 0 aromatic carbocycles. The van der Waals surface area contributed by atoms with E-state index >= 15 is 0 Å². The van der Waals surface area contributed by atoms with Crippen molar-refractivity contribution in [2.24, 2.45) is 0 Å². The summed E-state index contributed by atoms with van der Waals surface area (Å²) in [5.74, 6) is 3.14. The maximum absolute atomic E-state index is 11.2. The van der Waals surface area contributed by atoms with Crippen LogP contribution in [0.25, 0.3) is 0 Å². The standard InChI is InChI=1S/C10H17N3O2S/c1-8(2)10-12-11-9(15-10)7-13-3-5-16(14)6-4-13/h8H,3-7H2,1-2H3. The van der Waals surface area contributed by atoms with Crippen LogP contribution in [0.4, 0.5) is 0 Å². The van der Waals surface area contributed by atoms with Gasteiger partial charge < -0.3 is 4.42 Å². The number of hydrogen-bond acceptors (Lipinski definition) is 5. The summed E-state index contributed by atoms with van der Waals surface area (Å²) in [4.78, 5) is 2.21. The Balaban J connectivity index is 1.91. The minimum absolute atomic E-state index is 0.273. The molecule has 5 nitrogen and oxygen atoms in total. The van der Waals surface area contributed by atoms with Crippen LogP contribution in [0.5, 0.6) is 0 Å². The van der Waals surface area contributed by atoms with E-state index in [1.165, 1.54) is 0 Å². The van der Waals surface area contributed by atoms with Crippen molar-refractivity contribution in [3.05, 3.63) is 11.8 Å². The Hall–Kier alpha value is -0.750. The molecule has 0 N–H and O–H groups in total. The van der Waals surface area contributed by atoms with Crippen LogP contribution in [0.2, 0.25) is 0 Å². The van der Waals surface area contributed by atoms with Gasteiger partial charge in [-0.25, -0.2) is 0 Å². The van der Waals surface area contributed by atoms with Gasteiger partial charge in [0, 0.05) is 41.3 Å². The van der Waals surface area contributed by atoms with E-state index in [4.69, 9.17) is 4.42 Å². The molecule has 0 amide bonds. The summed E-state index contributed by atoms with van der Waals surface area (Å²) in [5.41, 5.74) is 0. The fourth-order valence-electron chi connectivity index (χ4n) is 1.59. The van der Waals surface area contributed by atoms with Crippen LogP contribution in [0.15, 0.2) is 4.42 Å². The molecule has 0 spiro atoms. The lowest BCUT2D eigenvalue weighted by Gasteiger charge is -2.24. The monoisotopic (exact) mass is 243 g/mol. The number of rotatable bonds is 3. The summed E-state index contributed by atoms with van der Waals surface area (Å²) >= 11 is 0. The fraction of sp³-hybridized carbons (Fsp3) is 0.800. The number of aromatic nitrogens is 2. The molecule has 90 valence electrons. The van der Waals surface area contributed by atoms with Crippen molar-refractivity contribution >= 4 is 10.8 Å². The highest BCUT2D eigenvalue weighted by Crippen LogP contribution is 2.13. The molecule has 0 radical (unpaired) electrons. The molecule has 6 heteroatoms. The zero-order chi connectivity index (χ0) is 11.5. The van der Waals surface area contributed by atoms with Crippen LogP contribution in [-0.2, 0) is 17.3 Å². The molecule has 0 unspecified atom stereocenters. The normalized spacial score (nSPS) is 19.4. The summed E-state index contributed by atoms with van der Waals surface area (Å²) in [6.45, 7) is 6.44. The van der Waals surface area contributed by atoms with Gasteiger partial charge in [-0.05, 0) is 0 Å². The first-order chi connectivity index (χ1) is 7.65. The van der Waals surface area contributed by atoms with E-state index in [0.717, 1.165) is 24.6 Å². The molecule has 1 aromatic rings. The third kappa shape index (κ3) is 2.89. The van der Waals surface area contributed by atoms with Crippen LogP contribution in [-0.4, -0.2) is 43.9 Å². The van der Waals surface area contributed by atoms with Gasteiger partial charge in [-0.3, -0.25) is 9.11 Å². The second-order valence-electron chi connectivity index (χ2n) is 4.31. The third-order valence-electron chi connectivity index (χ3n) is 2.61. The molecule has 2 heterocycles. The van der Waals surface area contributed by atoms with Crippen molar-refractivity contribution in [1.82, 2.24) is 15.1 Å². The first-order valence-electron chi connectivity index (χ1n) is 5.55. The molecule has 0 saturated carbocycles. The van der Waals surface area contributed by atoms with Gasteiger partial charge in [0.25, 0.3) is 0 Å². The molecule has 1 aliphatic rings. The summed E-state index contributed by atoms with van der Waals surface area (Å²) in [6, 6.07) is 0. The summed E-state index contributed by atoms with van der Waals surface area (Å²) in [5, 5.41) is 8.01. The second kappa shape index (κ2) is 5.05. The van der Waals surface area contributed by atoms with E-state index in [1.807, 2.05) is 13.8 Å². The Morgan fingerprint density at radius 2 is 2.06 bits per heavy atom. The maximum atomic E-state index is 11.2. The van der Waals surface area contributed by atoms with Crippen molar-refractivity contribution in [2.75, 3.05) is 24.6 Å². The average Bonchev–Trinajstić information content (AvgIpc) is 2.70. The topological polar surface area (TPSA) is 59.2 Å². The molecule has 0 atom stereocenters. The zero-order valence-electron chi connectivity index (χ0n) is 9.68. The van der Waals surface area contributed by atoms with Gasteiger partial charge in [0.05, 0.1) is 6.54 Å². The fourth-order valence-corrected chi connectivity index (χ4v) is 2.72. The number of nitrogens with zero attached hydrogens (tertiary/aromatic N) is 3. The van der Waals surface area contributed by atoms with E-state index < -0.39 is 10.8 Å². The van der Waals surface area contributed by atoms with Gasteiger partial charge in [0.15, 0.2) is 0 Å². The molecule has 16 heavy (non-hydrogen) atoms. The van der Waals surface area contributed by atoms with E-state index in [9.17, 15) is 4.21 Å². The highest BCUT2D eigenvalue weighted by atomic mass is 32.2. The van der Waals surface area contributed by atoms with Crippen LogP contribution < -0.4 is 0 Å².